The van der Waals surface area contributed by atoms with Crippen LogP contribution in [0.1, 0.15) is 129 Å². The maximum atomic E-state index is 2.54. The zero-order valence-electron chi connectivity index (χ0n) is 30.8. The molecule has 0 saturated carbocycles. The van der Waals surface area contributed by atoms with Crippen LogP contribution in [-0.4, -0.2) is 0 Å². The molecule has 0 saturated heterocycles. The lowest BCUT2D eigenvalue weighted by atomic mass is 9.79. The quantitative estimate of drug-likeness (QED) is 0.167. The van der Waals surface area contributed by atoms with Gasteiger partial charge in [0.2, 0.25) is 0 Å². The summed E-state index contributed by atoms with van der Waals surface area (Å²) in [5.74, 6) is 2.39. The van der Waals surface area contributed by atoms with Gasteiger partial charge < -0.3 is 0 Å². The molecule has 1 atom stereocenters. The van der Waals surface area contributed by atoms with E-state index in [1.807, 2.05) is 0 Å². The van der Waals surface area contributed by atoms with Gasteiger partial charge in [0.05, 0.1) is 0 Å². The highest BCUT2D eigenvalue weighted by molar-refractivity contribution is 6.21. The van der Waals surface area contributed by atoms with Crippen molar-refractivity contribution in [1.82, 2.24) is 0 Å². The average molecular weight is 647 g/mol. The highest BCUT2D eigenvalue weighted by Crippen LogP contribution is 2.55. The Morgan fingerprint density at radius 1 is 0.440 bits per heavy atom. The molecule has 0 aromatic heterocycles. The summed E-state index contributed by atoms with van der Waals surface area (Å²) in [6.07, 6.45) is 3.60. The Balaban J connectivity index is 1.18. The highest BCUT2D eigenvalue weighted by Gasteiger charge is 2.34. The van der Waals surface area contributed by atoms with Gasteiger partial charge in [-0.15, -0.1) is 0 Å². The van der Waals surface area contributed by atoms with Gasteiger partial charge in [-0.25, -0.2) is 0 Å². The molecule has 10 rings (SSSR count). The van der Waals surface area contributed by atoms with E-state index < -0.39 is 0 Å². The molecule has 0 aliphatic heterocycles. The Morgan fingerprint density at radius 2 is 0.980 bits per heavy atom. The summed E-state index contributed by atoms with van der Waals surface area (Å²) in [7, 11) is 0. The number of allylic oxidation sites excluding steroid dienone is 1. The standard InChI is InChI=1S/C50H46/c1-25(2)31-13-35-15-33(27(5)6)21-47-43-23-39-29(17-41(43)45(19-31)49(35)47)9-11-38-37(39)12-10-30-18-42-44(24-40(30)38)48-22-34(28(7)8)16-36-14-32(26(3)4)20-46(42)50(36)48/h9-23,25-28,44H,24H2,1-8H3. The monoisotopic (exact) mass is 646 g/mol. The number of hydrogen-bond acceptors (Lipinski definition) is 0. The van der Waals surface area contributed by atoms with Gasteiger partial charge in [-0.3, -0.25) is 0 Å². The van der Waals surface area contributed by atoms with Crippen molar-refractivity contribution in [3.63, 3.8) is 0 Å². The molecular weight excluding hydrogens is 601 g/mol. The number of fused-ring (bicyclic) bond motifs is 11. The van der Waals surface area contributed by atoms with Crippen molar-refractivity contribution in [3.8, 4) is 22.3 Å². The summed E-state index contributed by atoms with van der Waals surface area (Å²) >= 11 is 0. The van der Waals surface area contributed by atoms with Crippen LogP contribution in [-0.2, 0) is 6.42 Å². The summed E-state index contributed by atoms with van der Waals surface area (Å²) < 4.78 is 0. The van der Waals surface area contributed by atoms with Gasteiger partial charge in [-0.05, 0) is 158 Å². The predicted octanol–water partition coefficient (Wildman–Crippen LogP) is 14.6. The summed E-state index contributed by atoms with van der Waals surface area (Å²) in [4.78, 5) is 0. The maximum absolute atomic E-state index is 2.54. The molecular formula is C50H46. The Morgan fingerprint density at radius 3 is 1.60 bits per heavy atom. The van der Waals surface area contributed by atoms with E-state index >= 15 is 0 Å². The van der Waals surface area contributed by atoms with Crippen LogP contribution in [0.4, 0.5) is 0 Å². The SMILES string of the molecule is CC(C)c1cc2c3c(cc(C(C)C)cc3c1)-c1cc3c(ccc4c5c(ccc43)C=C3c4cc(C(C)C)cc6cc(C(C)C)cc(c46)C3C5)cc1-2. The van der Waals surface area contributed by atoms with E-state index in [1.165, 1.54) is 115 Å². The first-order valence-corrected chi connectivity index (χ1v) is 19.0. The van der Waals surface area contributed by atoms with E-state index in [-0.39, 0.29) is 0 Å². The first-order chi connectivity index (χ1) is 24.0. The van der Waals surface area contributed by atoms with Crippen LogP contribution in [0.3, 0.4) is 0 Å². The number of hydrogen-bond donors (Lipinski definition) is 0. The lowest BCUT2D eigenvalue weighted by molar-refractivity contribution is 0.845. The van der Waals surface area contributed by atoms with Crippen LogP contribution in [0.15, 0.2) is 84.9 Å². The normalized spacial score (nSPS) is 15.8. The van der Waals surface area contributed by atoms with Crippen LogP contribution in [0.25, 0.3) is 77.0 Å². The maximum Gasteiger partial charge on any atom is 0.0143 e. The molecule has 1 unspecified atom stereocenters. The lowest BCUT2D eigenvalue weighted by Crippen LogP contribution is -2.08. The number of rotatable bonds is 4. The van der Waals surface area contributed by atoms with E-state index in [0.717, 1.165) is 6.42 Å². The lowest BCUT2D eigenvalue weighted by Gasteiger charge is -2.24. The fourth-order valence-electron chi connectivity index (χ4n) is 9.62. The van der Waals surface area contributed by atoms with Crippen LogP contribution in [0.5, 0.6) is 0 Å². The largest absolute Gasteiger partial charge is 0.0587 e. The van der Waals surface area contributed by atoms with Crippen molar-refractivity contribution >= 4 is 54.7 Å². The molecule has 0 nitrogen and oxygen atoms in total. The second-order valence-electron chi connectivity index (χ2n) is 16.9. The highest BCUT2D eigenvalue weighted by atomic mass is 14.4. The van der Waals surface area contributed by atoms with Gasteiger partial charge in [0.25, 0.3) is 0 Å². The summed E-state index contributed by atoms with van der Waals surface area (Å²) in [5, 5.41) is 11.2. The average Bonchev–Trinajstić information content (AvgIpc) is 3.58. The summed E-state index contributed by atoms with van der Waals surface area (Å²) in [6, 6.07) is 34.5. The van der Waals surface area contributed by atoms with E-state index in [9.17, 15) is 0 Å². The molecule has 3 aliphatic rings. The van der Waals surface area contributed by atoms with Crippen molar-refractivity contribution in [3.05, 3.63) is 129 Å². The van der Waals surface area contributed by atoms with E-state index in [2.05, 4.69) is 146 Å². The molecule has 0 N–H and O–H groups in total. The van der Waals surface area contributed by atoms with Crippen molar-refractivity contribution < 1.29 is 0 Å². The molecule has 0 spiro atoms. The van der Waals surface area contributed by atoms with Gasteiger partial charge >= 0.3 is 0 Å². The minimum atomic E-state index is 0.402. The molecule has 246 valence electrons. The van der Waals surface area contributed by atoms with E-state index in [0.29, 0.717) is 29.6 Å². The fraction of sp³-hybridized carbons (Fsp3) is 0.280. The minimum absolute atomic E-state index is 0.402. The van der Waals surface area contributed by atoms with Crippen molar-refractivity contribution in [2.75, 3.05) is 0 Å². The third-order valence-corrected chi connectivity index (χ3v) is 12.5. The van der Waals surface area contributed by atoms with E-state index in [4.69, 9.17) is 0 Å². The first kappa shape index (κ1) is 30.2. The first-order valence-electron chi connectivity index (χ1n) is 19.0. The summed E-state index contributed by atoms with van der Waals surface area (Å²) in [5.41, 5.74) is 18.8. The summed E-state index contributed by atoms with van der Waals surface area (Å²) in [6.45, 7) is 18.6. The van der Waals surface area contributed by atoms with Gasteiger partial charge in [-0.1, -0.05) is 134 Å². The van der Waals surface area contributed by atoms with Crippen LogP contribution >= 0.6 is 0 Å². The molecule has 50 heavy (non-hydrogen) atoms. The van der Waals surface area contributed by atoms with Crippen LogP contribution in [0, 0.1) is 0 Å². The third-order valence-electron chi connectivity index (χ3n) is 12.5. The Bertz CT molecular complexity index is 2660. The van der Waals surface area contributed by atoms with Crippen molar-refractivity contribution in [1.29, 1.82) is 0 Å². The molecule has 7 aromatic carbocycles. The van der Waals surface area contributed by atoms with Crippen LogP contribution < -0.4 is 0 Å². The topological polar surface area (TPSA) is 0 Å². The molecule has 0 radical (unpaired) electrons. The molecule has 0 fully saturated rings. The Hall–Kier alpha value is -4.68. The minimum Gasteiger partial charge on any atom is -0.0587 e. The zero-order valence-corrected chi connectivity index (χ0v) is 30.8. The number of benzene rings is 7. The third kappa shape index (κ3) is 4.11. The van der Waals surface area contributed by atoms with E-state index in [1.54, 1.807) is 0 Å². The smallest absolute Gasteiger partial charge is 0.0143 e. The zero-order chi connectivity index (χ0) is 34.3. The molecule has 0 heterocycles. The molecule has 0 heteroatoms. The second kappa shape index (κ2) is 10.4. The molecule has 3 aliphatic carbocycles. The second-order valence-corrected chi connectivity index (χ2v) is 16.9. The molecule has 7 aromatic rings. The fourth-order valence-corrected chi connectivity index (χ4v) is 9.62. The van der Waals surface area contributed by atoms with Gasteiger partial charge in [-0.2, -0.15) is 0 Å². The Labute approximate surface area is 296 Å². The molecule has 0 bridgehead atoms. The van der Waals surface area contributed by atoms with Gasteiger partial charge in [0.15, 0.2) is 0 Å². The molecule has 0 amide bonds. The van der Waals surface area contributed by atoms with Crippen molar-refractivity contribution in [2.24, 2.45) is 0 Å². The van der Waals surface area contributed by atoms with Crippen molar-refractivity contribution in [2.45, 2.75) is 91.4 Å². The van der Waals surface area contributed by atoms with Gasteiger partial charge in [0.1, 0.15) is 0 Å². The van der Waals surface area contributed by atoms with Crippen LogP contribution in [0.2, 0.25) is 0 Å². The van der Waals surface area contributed by atoms with Gasteiger partial charge in [0, 0.05) is 5.92 Å². The predicted molar refractivity (Wildman–Crippen MR) is 218 cm³/mol. The Kier molecular flexibility index (Phi) is 6.29.